The standard InChI is InChI=1S/C54H40N2/c1-4-17-36(18-5-1)50-35-51(56-53(55-50)37-19-6-2-7-20-37)45-30-29-44(40-23-10-12-25-42(40)45)41-24-11-13-26-43(41)46-27-16-28-48-52(46)47-33-38-21-8-9-22-39(38)34-49(47)54(48)31-14-3-15-32-54/h1-2,4-13,16-30,33-35H,3,14-15,31-32H2. The normalized spacial score (nSPS) is 14.2. The van der Waals surface area contributed by atoms with Gasteiger partial charge in [-0.2, -0.15) is 0 Å². The van der Waals surface area contributed by atoms with Crippen LogP contribution in [0.25, 0.3) is 88.8 Å². The SMILES string of the molecule is c1ccc(-c2cc(-c3ccc(-c4ccccc4-c4cccc5c4-c4cc6ccccc6cc4C54CCCCC4)c4ccccc34)nc(-c3ccccc3)n2)cc1. The molecule has 266 valence electrons. The highest BCUT2D eigenvalue weighted by Crippen LogP contribution is 2.59. The van der Waals surface area contributed by atoms with Gasteiger partial charge >= 0.3 is 0 Å². The second-order valence-corrected chi connectivity index (χ2v) is 15.6. The van der Waals surface area contributed by atoms with Crippen molar-refractivity contribution in [1.82, 2.24) is 9.97 Å². The summed E-state index contributed by atoms with van der Waals surface area (Å²) in [5.41, 5.74) is 16.0. The van der Waals surface area contributed by atoms with Crippen LogP contribution in [0.4, 0.5) is 0 Å². The van der Waals surface area contributed by atoms with Gasteiger partial charge < -0.3 is 0 Å². The summed E-state index contributed by atoms with van der Waals surface area (Å²) in [6.07, 6.45) is 6.29. The van der Waals surface area contributed by atoms with Crippen LogP contribution in [0.3, 0.4) is 0 Å². The monoisotopic (exact) mass is 716 g/mol. The van der Waals surface area contributed by atoms with Crippen molar-refractivity contribution >= 4 is 21.5 Å². The van der Waals surface area contributed by atoms with Gasteiger partial charge in [0.05, 0.1) is 11.4 Å². The van der Waals surface area contributed by atoms with E-state index in [2.05, 4.69) is 158 Å². The number of hydrogen-bond acceptors (Lipinski definition) is 2. The summed E-state index contributed by atoms with van der Waals surface area (Å²) in [6.45, 7) is 0. The number of aromatic nitrogens is 2. The van der Waals surface area contributed by atoms with E-state index in [1.54, 1.807) is 0 Å². The summed E-state index contributed by atoms with van der Waals surface area (Å²) in [7, 11) is 0. The van der Waals surface area contributed by atoms with Crippen molar-refractivity contribution in [2.75, 3.05) is 0 Å². The first-order valence-corrected chi connectivity index (χ1v) is 20.0. The van der Waals surface area contributed by atoms with Crippen LogP contribution in [-0.2, 0) is 5.41 Å². The van der Waals surface area contributed by atoms with Crippen LogP contribution in [0.5, 0.6) is 0 Å². The molecule has 1 saturated carbocycles. The van der Waals surface area contributed by atoms with Crippen LogP contribution in [0.15, 0.2) is 182 Å². The average molecular weight is 717 g/mol. The van der Waals surface area contributed by atoms with Gasteiger partial charge in [-0.3, -0.25) is 0 Å². The molecular weight excluding hydrogens is 677 g/mol. The molecule has 11 rings (SSSR count). The molecule has 2 heteroatoms. The molecule has 56 heavy (non-hydrogen) atoms. The number of nitrogens with zero attached hydrogens (tertiary/aromatic N) is 2. The molecule has 2 aliphatic carbocycles. The maximum Gasteiger partial charge on any atom is 0.160 e. The van der Waals surface area contributed by atoms with Gasteiger partial charge in [-0.15, -0.1) is 0 Å². The first-order chi connectivity index (χ1) is 27.7. The first-order valence-electron chi connectivity index (χ1n) is 20.0. The molecule has 2 aliphatic rings. The van der Waals surface area contributed by atoms with Gasteiger partial charge in [-0.05, 0) is 97.1 Å². The Labute approximate surface area is 328 Å². The fourth-order valence-corrected chi connectivity index (χ4v) is 9.92. The van der Waals surface area contributed by atoms with Crippen LogP contribution in [-0.4, -0.2) is 9.97 Å². The summed E-state index contributed by atoms with van der Waals surface area (Å²) in [4.78, 5) is 10.3. The van der Waals surface area contributed by atoms with E-state index in [-0.39, 0.29) is 5.41 Å². The molecular formula is C54H40N2. The van der Waals surface area contributed by atoms with Gasteiger partial charge in [0.2, 0.25) is 0 Å². The van der Waals surface area contributed by atoms with Crippen LogP contribution < -0.4 is 0 Å². The second kappa shape index (κ2) is 13.3. The molecule has 2 nitrogen and oxygen atoms in total. The average Bonchev–Trinajstić information content (AvgIpc) is 3.53. The first kappa shape index (κ1) is 32.8. The van der Waals surface area contributed by atoms with Crippen LogP contribution in [0.1, 0.15) is 43.2 Å². The summed E-state index contributed by atoms with van der Waals surface area (Å²) in [5, 5.41) is 5.03. The maximum absolute atomic E-state index is 5.23. The molecule has 9 aromatic rings. The highest BCUT2D eigenvalue weighted by atomic mass is 14.9. The highest BCUT2D eigenvalue weighted by molar-refractivity contribution is 6.08. The molecule has 0 N–H and O–H groups in total. The molecule has 0 amide bonds. The fraction of sp³-hybridized carbons (Fsp3) is 0.111. The Morgan fingerprint density at radius 2 is 0.929 bits per heavy atom. The van der Waals surface area contributed by atoms with Crippen LogP contribution in [0, 0.1) is 0 Å². The number of benzene rings is 8. The zero-order valence-electron chi connectivity index (χ0n) is 31.3. The molecule has 1 spiro atoms. The predicted molar refractivity (Wildman–Crippen MR) is 234 cm³/mol. The molecule has 1 heterocycles. The third kappa shape index (κ3) is 5.24. The molecule has 0 saturated heterocycles. The van der Waals surface area contributed by atoms with E-state index in [0.717, 1.165) is 33.9 Å². The van der Waals surface area contributed by atoms with Crippen molar-refractivity contribution in [3.63, 3.8) is 0 Å². The topological polar surface area (TPSA) is 25.8 Å². The third-order valence-electron chi connectivity index (χ3n) is 12.5. The predicted octanol–water partition coefficient (Wildman–Crippen LogP) is 14.3. The molecule has 0 radical (unpaired) electrons. The van der Waals surface area contributed by atoms with E-state index in [0.29, 0.717) is 0 Å². The van der Waals surface area contributed by atoms with Crippen molar-refractivity contribution in [2.45, 2.75) is 37.5 Å². The van der Waals surface area contributed by atoms with Gasteiger partial charge in [0.25, 0.3) is 0 Å². The van der Waals surface area contributed by atoms with E-state index < -0.39 is 0 Å². The highest BCUT2D eigenvalue weighted by Gasteiger charge is 2.44. The van der Waals surface area contributed by atoms with Gasteiger partial charge in [0, 0.05) is 22.1 Å². The van der Waals surface area contributed by atoms with Crippen molar-refractivity contribution in [2.24, 2.45) is 0 Å². The Kier molecular flexibility index (Phi) is 7.77. The molecule has 8 aromatic carbocycles. The Balaban J connectivity index is 1.11. The minimum absolute atomic E-state index is 0.0704. The Bertz CT molecular complexity index is 2880. The summed E-state index contributed by atoms with van der Waals surface area (Å²) >= 11 is 0. The van der Waals surface area contributed by atoms with Crippen molar-refractivity contribution in [1.29, 1.82) is 0 Å². The Hall–Kier alpha value is -6.64. The second-order valence-electron chi connectivity index (χ2n) is 15.6. The van der Waals surface area contributed by atoms with Gasteiger partial charge in [-0.25, -0.2) is 9.97 Å². The van der Waals surface area contributed by atoms with Crippen molar-refractivity contribution in [3.8, 4) is 67.3 Å². The van der Waals surface area contributed by atoms with E-state index in [4.69, 9.17) is 9.97 Å². The van der Waals surface area contributed by atoms with E-state index in [1.165, 1.54) is 98.2 Å². The van der Waals surface area contributed by atoms with Gasteiger partial charge in [-0.1, -0.05) is 183 Å². The molecule has 0 atom stereocenters. The zero-order valence-corrected chi connectivity index (χ0v) is 31.3. The van der Waals surface area contributed by atoms with Crippen molar-refractivity contribution < 1.29 is 0 Å². The molecule has 1 aromatic heterocycles. The quantitative estimate of drug-likeness (QED) is 0.177. The summed E-state index contributed by atoms with van der Waals surface area (Å²) in [5.74, 6) is 0.724. The van der Waals surface area contributed by atoms with E-state index >= 15 is 0 Å². The Morgan fingerprint density at radius 1 is 0.357 bits per heavy atom. The fourth-order valence-electron chi connectivity index (χ4n) is 9.92. The lowest BCUT2D eigenvalue weighted by atomic mass is 9.67. The smallest absolute Gasteiger partial charge is 0.160 e. The zero-order chi connectivity index (χ0) is 37.1. The molecule has 1 fully saturated rings. The lowest BCUT2D eigenvalue weighted by molar-refractivity contribution is 0.353. The lowest BCUT2D eigenvalue weighted by Gasteiger charge is -2.36. The Morgan fingerprint density at radius 3 is 1.68 bits per heavy atom. The minimum Gasteiger partial charge on any atom is -0.228 e. The minimum atomic E-state index is 0.0704. The lowest BCUT2D eigenvalue weighted by Crippen LogP contribution is -2.28. The van der Waals surface area contributed by atoms with Crippen LogP contribution in [0.2, 0.25) is 0 Å². The molecule has 0 aliphatic heterocycles. The van der Waals surface area contributed by atoms with Crippen molar-refractivity contribution in [3.05, 3.63) is 193 Å². The summed E-state index contributed by atoms with van der Waals surface area (Å²) in [6, 6.07) is 66.4. The number of hydrogen-bond donors (Lipinski definition) is 0. The van der Waals surface area contributed by atoms with Gasteiger partial charge in [0.1, 0.15) is 0 Å². The van der Waals surface area contributed by atoms with Gasteiger partial charge in [0.15, 0.2) is 5.82 Å². The number of rotatable bonds is 5. The largest absolute Gasteiger partial charge is 0.228 e. The summed E-state index contributed by atoms with van der Waals surface area (Å²) < 4.78 is 0. The van der Waals surface area contributed by atoms with Crippen LogP contribution >= 0.6 is 0 Å². The van der Waals surface area contributed by atoms with E-state index in [9.17, 15) is 0 Å². The molecule has 0 bridgehead atoms. The third-order valence-corrected chi connectivity index (χ3v) is 12.5. The van der Waals surface area contributed by atoms with E-state index in [1.807, 2.05) is 24.3 Å². The maximum atomic E-state index is 5.23. The number of fused-ring (bicyclic) bond motifs is 7. The molecule has 0 unspecified atom stereocenters.